The van der Waals surface area contributed by atoms with Gasteiger partial charge in [0.25, 0.3) is 0 Å². The third kappa shape index (κ3) is 1.32. The van der Waals surface area contributed by atoms with Gasteiger partial charge in [0.15, 0.2) is 5.43 Å². The lowest BCUT2D eigenvalue weighted by atomic mass is 10.2. The fourth-order valence-electron chi connectivity index (χ4n) is 1.61. The van der Waals surface area contributed by atoms with E-state index in [0.717, 1.165) is 0 Å². The van der Waals surface area contributed by atoms with Gasteiger partial charge in [0.2, 0.25) is 5.88 Å². The molecular weight excluding hydrogens is 204 g/mol. The van der Waals surface area contributed by atoms with E-state index in [-0.39, 0.29) is 5.43 Å². The molecule has 4 nitrogen and oxygen atoms in total. The molecule has 0 aliphatic carbocycles. The minimum absolute atomic E-state index is 0.0504. The summed E-state index contributed by atoms with van der Waals surface area (Å²) in [6.45, 7) is 0. The molecule has 0 radical (unpaired) electrons. The maximum absolute atomic E-state index is 11.8. The van der Waals surface area contributed by atoms with Crippen molar-refractivity contribution < 1.29 is 4.42 Å². The van der Waals surface area contributed by atoms with Gasteiger partial charge in [0, 0.05) is 18.5 Å². The number of rotatable bonds is 1. The Morgan fingerprint density at radius 3 is 2.94 bits per heavy atom. The van der Waals surface area contributed by atoms with Gasteiger partial charge in [-0.3, -0.25) is 9.36 Å². The maximum Gasteiger partial charge on any atom is 0.209 e. The van der Waals surface area contributed by atoms with E-state index < -0.39 is 0 Å². The molecule has 0 N–H and O–H groups in total. The summed E-state index contributed by atoms with van der Waals surface area (Å²) in [6, 6.07) is 8.64. The quantitative estimate of drug-likeness (QED) is 0.619. The predicted molar refractivity (Wildman–Crippen MR) is 59.6 cm³/mol. The highest BCUT2D eigenvalue weighted by Gasteiger charge is 2.04. The van der Waals surface area contributed by atoms with E-state index in [1.165, 1.54) is 6.07 Å². The Morgan fingerprint density at radius 2 is 2.12 bits per heavy atom. The van der Waals surface area contributed by atoms with Crippen LogP contribution >= 0.6 is 0 Å². The fraction of sp³-hybridized carbons (Fsp3) is 0. The van der Waals surface area contributed by atoms with Crippen LogP contribution in [0.2, 0.25) is 0 Å². The number of para-hydroxylation sites is 1. The first-order valence-corrected chi connectivity index (χ1v) is 4.86. The van der Waals surface area contributed by atoms with Crippen molar-refractivity contribution in [3.8, 4) is 5.88 Å². The smallest absolute Gasteiger partial charge is 0.209 e. The lowest BCUT2D eigenvalue weighted by Crippen LogP contribution is -2.03. The molecule has 3 rings (SSSR count). The third-order valence-electron chi connectivity index (χ3n) is 2.38. The zero-order valence-corrected chi connectivity index (χ0v) is 8.33. The number of hydrogen-bond donors (Lipinski definition) is 0. The largest absolute Gasteiger partial charge is 0.440 e. The van der Waals surface area contributed by atoms with Crippen molar-refractivity contribution in [2.24, 2.45) is 0 Å². The molecule has 0 aliphatic heterocycles. The average Bonchev–Trinajstić information content (AvgIpc) is 2.82. The fourth-order valence-corrected chi connectivity index (χ4v) is 1.61. The highest BCUT2D eigenvalue weighted by atomic mass is 16.3. The summed E-state index contributed by atoms with van der Waals surface area (Å²) in [4.78, 5) is 15.7. The maximum atomic E-state index is 11.8. The van der Waals surface area contributed by atoms with E-state index in [9.17, 15) is 4.79 Å². The second-order valence-corrected chi connectivity index (χ2v) is 3.42. The van der Waals surface area contributed by atoms with Crippen molar-refractivity contribution in [3.63, 3.8) is 0 Å². The Bertz CT molecular complexity index is 684. The molecule has 0 amide bonds. The van der Waals surface area contributed by atoms with Crippen molar-refractivity contribution in [1.29, 1.82) is 0 Å². The molecule has 3 aromatic rings. The van der Waals surface area contributed by atoms with Crippen molar-refractivity contribution in [3.05, 3.63) is 59.3 Å². The normalized spacial score (nSPS) is 10.8. The standard InChI is InChI=1S/C12H8N2O2/c15-10-7-12(14-6-5-13-8-14)16-11-4-2-1-3-9(10)11/h1-8H. The van der Waals surface area contributed by atoms with Crippen LogP contribution in [-0.4, -0.2) is 9.55 Å². The van der Waals surface area contributed by atoms with E-state index in [1.54, 1.807) is 35.4 Å². The predicted octanol–water partition coefficient (Wildman–Crippen LogP) is 1.98. The molecule has 0 bridgehead atoms. The number of aromatic nitrogens is 2. The Kier molecular flexibility index (Phi) is 1.86. The minimum atomic E-state index is -0.0504. The van der Waals surface area contributed by atoms with Gasteiger partial charge in [-0.25, -0.2) is 4.98 Å². The van der Waals surface area contributed by atoms with Gasteiger partial charge < -0.3 is 4.42 Å². The van der Waals surface area contributed by atoms with Crippen LogP contribution < -0.4 is 5.43 Å². The number of hydrogen-bond acceptors (Lipinski definition) is 3. The van der Waals surface area contributed by atoms with E-state index >= 15 is 0 Å². The van der Waals surface area contributed by atoms with E-state index in [2.05, 4.69) is 4.98 Å². The van der Waals surface area contributed by atoms with Gasteiger partial charge in [-0.05, 0) is 12.1 Å². The van der Waals surface area contributed by atoms with Crippen LogP contribution in [0.15, 0.2) is 58.3 Å². The van der Waals surface area contributed by atoms with Crippen LogP contribution in [0.1, 0.15) is 0 Å². The molecule has 0 atom stereocenters. The molecule has 0 aliphatic rings. The lowest BCUT2D eigenvalue weighted by Gasteiger charge is -2.02. The molecular formula is C12H8N2O2. The Balaban J connectivity index is 2.34. The highest BCUT2D eigenvalue weighted by Crippen LogP contribution is 2.14. The Morgan fingerprint density at radius 1 is 1.25 bits per heavy atom. The number of imidazole rings is 1. The third-order valence-corrected chi connectivity index (χ3v) is 2.38. The summed E-state index contributed by atoms with van der Waals surface area (Å²) in [5, 5.41) is 0.589. The summed E-state index contributed by atoms with van der Waals surface area (Å²) in [6.07, 6.45) is 4.95. The molecule has 4 heteroatoms. The topological polar surface area (TPSA) is 48.0 Å². The molecule has 0 saturated carbocycles. The van der Waals surface area contributed by atoms with Crippen LogP contribution in [0.4, 0.5) is 0 Å². The first-order valence-electron chi connectivity index (χ1n) is 4.86. The number of benzene rings is 1. The van der Waals surface area contributed by atoms with Gasteiger partial charge in [-0.15, -0.1) is 0 Å². The summed E-state index contributed by atoms with van der Waals surface area (Å²) in [5.74, 6) is 0.473. The van der Waals surface area contributed by atoms with Crippen LogP contribution in [0.25, 0.3) is 16.9 Å². The van der Waals surface area contributed by atoms with Crippen molar-refractivity contribution >= 4 is 11.0 Å². The first-order chi connectivity index (χ1) is 7.84. The molecule has 0 fully saturated rings. The van der Waals surface area contributed by atoms with Gasteiger partial charge in [0.1, 0.15) is 11.9 Å². The van der Waals surface area contributed by atoms with Crippen molar-refractivity contribution in [2.45, 2.75) is 0 Å². The molecule has 78 valence electrons. The van der Waals surface area contributed by atoms with E-state index in [0.29, 0.717) is 16.9 Å². The first kappa shape index (κ1) is 8.91. The van der Waals surface area contributed by atoms with Crippen LogP contribution in [-0.2, 0) is 0 Å². The molecule has 0 saturated heterocycles. The second kappa shape index (κ2) is 3.34. The lowest BCUT2D eigenvalue weighted by molar-refractivity contribution is 0.567. The highest BCUT2D eigenvalue weighted by molar-refractivity contribution is 5.76. The summed E-state index contributed by atoms with van der Waals surface area (Å²) in [5.41, 5.74) is 0.532. The van der Waals surface area contributed by atoms with Crippen molar-refractivity contribution in [2.75, 3.05) is 0 Å². The van der Waals surface area contributed by atoms with Gasteiger partial charge in [0.05, 0.1) is 5.39 Å². The Labute approximate surface area is 90.8 Å². The minimum Gasteiger partial charge on any atom is -0.440 e. The van der Waals surface area contributed by atoms with Gasteiger partial charge in [-0.2, -0.15) is 0 Å². The van der Waals surface area contributed by atoms with Gasteiger partial charge in [-0.1, -0.05) is 12.1 Å². The van der Waals surface area contributed by atoms with E-state index in [1.807, 2.05) is 12.1 Å². The van der Waals surface area contributed by atoms with Crippen LogP contribution in [0, 0.1) is 0 Å². The number of fused-ring (bicyclic) bond motifs is 1. The SMILES string of the molecule is O=c1cc(-n2ccnc2)oc2ccccc12. The van der Waals surface area contributed by atoms with Crippen LogP contribution in [0.3, 0.4) is 0 Å². The molecule has 0 spiro atoms. The van der Waals surface area contributed by atoms with E-state index in [4.69, 9.17) is 4.42 Å². The average molecular weight is 212 g/mol. The molecule has 2 aromatic heterocycles. The summed E-state index contributed by atoms with van der Waals surface area (Å²) >= 11 is 0. The second-order valence-electron chi connectivity index (χ2n) is 3.42. The number of nitrogens with zero attached hydrogens (tertiary/aromatic N) is 2. The Hall–Kier alpha value is -2.36. The molecule has 16 heavy (non-hydrogen) atoms. The molecule has 0 unspecified atom stereocenters. The summed E-state index contributed by atoms with van der Waals surface area (Å²) in [7, 11) is 0. The molecule has 2 heterocycles. The zero-order chi connectivity index (χ0) is 11.0. The van der Waals surface area contributed by atoms with Gasteiger partial charge >= 0.3 is 0 Å². The monoisotopic (exact) mass is 212 g/mol. The van der Waals surface area contributed by atoms with Crippen molar-refractivity contribution in [1.82, 2.24) is 9.55 Å². The van der Waals surface area contributed by atoms with Crippen LogP contribution in [0.5, 0.6) is 0 Å². The summed E-state index contributed by atoms with van der Waals surface area (Å²) < 4.78 is 7.27. The molecule has 1 aromatic carbocycles. The zero-order valence-electron chi connectivity index (χ0n) is 8.33.